The van der Waals surface area contributed by atoms with Gasteiger partial charge in [0.2, 0.25) is 0 Å². The molecule has 8 rings (SSSR count). The summed E-state index contributed by atoms with van der Waals surface area (Å²) in [6, 6.07) is 71.7. The third-order valence-electron chi connectivity index (χ3n) is 9.26. The summed E-state index contributed by atoms with van der Waals surface area (Å²) in [6.45, 7) is 0. The summed E-state index contributed by atoms with van der Waals surface area (Å²) in [4.78, 5) is 4.59. The van der Waals surface area contributed by atoms with Crippen molar-refractivity contribution < 1.29 is 0 Å². The fraction of sp³-hybridized carbons (Fsp3) is 0.0213. The highest BCUT2D eigenvalue weighted by atomic mass is 15.1. The van der Waals surface area contributed by atoms with Crippen molar-refractivity contribution in [3.8, 4) is 33.4 Å². The molecule has 0 aromatic heterocycles. The monoisotopic (exact) mass is 628 g/mol. The second kappa shape index (κ2) is 13.4. The Labute approximate surface area is 288 Å². The lowest BCUT2D eigenvalue weighted by Crippen LogP contribution is -2.10. The number of anilines is 5. The molecule has 234 valence electrons. The summed E-state index contributed by atoms with van der Waals surface area (Å²) in [5.74, 6) is 0. The number of fused-ring (bicyclic) bond motifs is 1. The highest BCUT2D eigenvalue weighted by molar-refractivity contribution is 5.87. The quantitative estimate of drug-likeness (QED) is 0.165. The van der Waals surface area contributed by atoms with Gasteiger partial charge in [-0.25, -0.2) is 0 Å². The van der Waals surface area contributed by atoms with Crippen LogP contribution in [0.1, 0.15) is 0 Å². The first-order chi connectivity index (χ1) is 24.2. The van der Waals surface area contributed by atoms with Gasteiger partial charge >= 0.3 is 0 Å². The van der Waals surface area contributed by atoms with E-state index in [4.69, 9.17) is 0 Å². The minimum atomic E-state index is 1.10. The molecule has 0 bridgehead atoms. The van der Waals surface area contributed by atoms with E-state index in [0.29, 0.717) is 0 Å². The fourth-order valence-corrected chi connectivity index (χ4v) is 6.57. The molecule has 0 aliphatic heterocycles. The minimum Gasteiger partial charge on any atom is -0.345 e. The van der Waals surface area contributed by atoms with E-state index in [-0.39, 0.29) is 0 Å². The molecule has 0 fully saturated rings. The van der Waals surface area contributed by atoms with Crippen molar-refractivity contribution in [3.05, 3.63) is 200 Å². The van der Waals surface area contributed by atoms with Gasteiger partial charge in [-0.15, -0.1) is 0 Å². The van der Waals surface area contributed by atoms with Crippen LogP contribution in [0.2, 0.25) is 0 Å². The standard InChI is InChI=1S/C47H36N2/c1-48(45-31-26-37-16-8-9-17-40(37)32-45)43-27-22-38(23-28-43)39-24-29-44(30-25-39)49(46-20-10-18-41(33-46)35-12-4-2-5-13-35)47-21-11-19-42(34-47)36-14-6-3-7-15-36/h2-34H,1H3. The molecular formula is C47H36N2. The predicted molar refractivity (Wildman–Crippen MR) is 209 cm³/mol. The van der Waals surface area contributed by atoms with E-state index < -0.39 is 0 Å². The molecule has 0 unspecified atom stereocenters. The van der Waals surface area contributed by atoms with E-state index >= 15 is 0 Å². The van der Waals surface area contributed by atoms with Gasteiger partial charge in [0.15, 0.2) is 0 Å². The van der Waals surface area contributed by atoms with E-state index in [1.165, 1.54) is 49.8 Å². The van der Waals surface area contributed by atoms with Crippen LogP contribution in [0, 0.1) is 0 Å². The number of benzene rings is 8. The lowest BCUT2D eigenvalue weighted by atomic mass is 10.0. The molecule has 0 saturated carbocycles. The summed E-state index contributed by atoms with van der Waals surface area (Å²) in [5.41, 5.74) is 12.8. The highest BCUT2D eigenvalue weighted by Gasteiger charge is 2.15. The zero-order chi connectivity index (χ0) is 33.0. The Morgan fingerprint density at radius 2 is 0.694 bits per heavy atom. The number of nitrogens with zero attached hydrogens (tertiary/aromatic N) is 2. The largest absolute Gasteiger partial charge is 0.345 e. The molecule has 49 heavy (non-hydrogen) atoms. The normalized spacial score (nSPS) is 11.0. The van der Waals surface area contributed by atoms with Crippen LogP contribution in [-0.4, -0.2) is 7.05 Å². The van der Waals surface area contributed by atoms with Gasteiger partial charge in [0, 0.05) is 35.5 Å². The second-order valence-corrected chi connectivity index (χ2v) is 12.4. The summed E-state index contributed by atoms with van der Waals surface area (Å²) in [5, 5.41) is 2.50. The van der Waals surface area contributed by atoms with Crippen molar-refractivity contribution in [1.29, 1.82) is 0 Å². The van der Waals surface area contributed by atoms with Gasteiger partial charge in [0.1, 0.15) is 0 Å². The molecule has 0 atom stereocenters. The molecule has 0 spiro atoms. The Morgan fingerprint density at radius 1 is 0.265 bits per heavy atom. The van der Waals surface area contributed by atoms with Crippen molar-refractivity contribution in [1.82, 2.24) is 0 Å². The molecular weight excluding hydrogens is 593 g/mol. The van der Waals surface area contributed by atoms with Crippen molar-refractivity contribution in [2.24, 2.45) is 0 Å². The number of hydrogen-bond donors (Lipinski definition) is 0. The van der Waals surface area contributed by atoms with Crippen LogP contribution in [0.4, 0.5) is 28.4 Å². The average Bonchev–Trinajstić information content (AvgIpc) is 3.19. The first-order valence-corrected chi connectivity index (χ1v) is 16.7. The smallest absolute Gasteiger partial charge is 0.0467 e. The van der Waals surface area contributed by atoms with Gasteiger partial charge in [0.25, 0.3) is 0 Å². The van der Waals surface area contributed by atoms with Crippen molar-refractivity contribution in [2.75, 3.05) is 16.8 Å². The zero-order valence-electron chi connectivity index (χ0n) is 27.4. The van der Waals surface area contributed by atoms with Gasteiger partial charge < -0.3 is 9.80 Å². The van der Waals surface area contributed by atoms with Gasteiger partial charge in [-0.3, -0.25) is 0 Å². The van der Waals surface area contributed by atoms with Crippen molar-refractivity contribution in [2.45, 2.75) is 0 Å². The maximum atomic E-state index is 2.35. The van der Waals surface area contributed by atoms with E-state index in [2.05, 4.69) is 217 Å². The van der Waals surface area contributed by atoms with Crippen LogP contribution >= 0.6 is 0 Å². The number of rotatable bonds is 8. The van der Waals surface area contributed by atoms with E-state index in [0.717, 1.165) is 22.7 Å². The zero-order valence-corrected chi connectivity index (χ0v) is 27.4. The molecule has 0 amide bonds. The van der Waals surface area contributed by atoms with Gasteiger partial charge in [-0.2, -0.15) is 0 Å². The molecule has 0 N–H and O–H groups in total. The Morgan fingerprint density at radius 3 is 1.24 bits per heavy atom. The molecule has 0 heterocycles. The molecule has 0 radical (unpaired) electrons. The SMILES string of the molecule is CN(c1ccc(-c2ccc(N(c3cccc(-c4ccccc4)c3)c3cccc(-c4ccccc4)c3)cc2)cc1)c1ccc2ccccc2c1. The van der Waals surface area contributed by atoms with Crippen LogP contribution in [0.15, 0.2) is 200 Å². The molecule has 2 nitrogen and oxygen atoms in total. The predicted octanol–water partition coefficient (Wildman–Crippen LogP) is 13.1. The van der Waals surface area contributed by atoms with Crippen LogP contribution in [0.3, 0.4) is 0 Å². The molecule has 2 heteroatoms. The van der Waals surface area contributed by atoms with Gasteiger partial charge in [-0.1, -0.05) is 140 Å². The topological polar surface area (TPSA) is 6.48 Å². The van der Waals surface area contributed by atoms with Gasteiger partial charge in [0.05, 0.1) is 0 Å². The molecule has 8 aromatic rings. The average molecular weight is 629 g/mol. The fourth-order valence-electron chi connectivity index (χ4n) is 6.57. The van der Waals surface area contributed by atoms with E-state index in [1.807, 2.05) is 0 Å². The minimum absolute atomic E-state index is 1.10. The summed E-state index contributed by atoms with van der Waals surface area (Å²) < 4.78 is 0. The Balaban J connectivity index is 1.12. The van der Waals surface area contributed by atoms with Crippen LogP contribution in [0.5, 0.6) is 0 Å². The first-order valence-electron chi connectivity index (χ1n) is 16.7. The molecule has 8 aromatic carbocycles. The Kier molecular flexibility index (Phi) is 8.19. The highest BCUT2D eigenvalue weighted by Crippen LogP contribution is 2.39. The maximum Gasteiger partial charge on any atom is 0.0467 e. The molecule has 0 saturated heterocycles. The number of hydrogen-bond acceptors (Lipinski definition) is 2. The summed E-state index contributed by atoms with van der Waals surface area (Å²) in [7, 11) is 2.13. The lowest BCUT2D eigenvalue weighted by Gasteiger charge is -2.27. The third-order valence-corrected chi connectivity index (χ3v) is 9.26. The van der Waals surface area contributed by atoms with E-state index in [1.54, 1.807) is 0 Å². The van der Waals surface area contributed by atoms with Crippen LogP contribution in [0.25, 0.3) is 44.2 Å². The lowest BCUT2D eigenvalue weighted by molar-refractivity contribution is 1.21. The van der Waals surface area contributed by atoms with Crippen molar-refractivity contribution >= 4 is 39.2 Å². The van der Waals surface area contributed by atoms with Gasteiger partial charge in [-0.05, 0) is 105 Å². The molecule has 0 aliphatic rings. The van der Waals surface area contributed by atoms with E-state index in [9.17, 15) is 0 Å². The maximum absolute atomic E-state index is 2.35. The summed E-state index contributed by atoms with van der Waals surface area (Å²) in [6.07, 6.45) is 0. The van der Waals surface area contributed by atoms with Crippen LogP contribution in [-0.2, 0) is 0 Å². The molecule has 0 aliphatic carbocycles. The third kappa shape index (κ3) is 6.33. The first kappa shape index (κ1) is 30.0. The second-order valence-electron chi connectivity index (χ2n) is 12.4. The van der Waals surface area contributed by atoms with Crippen LogP contribution < -0.4 is 9.80 Å². The Bertz CT molecular complexity index is 2240. The van der Waals surface area contributed by atoms with Crippen molar-refractivity contribution in [3.63, 3.8) is 0 Å². The summed E-state index contributed by atoms with van der Waals surface area (Å²) >= 11 is 0. The Hall–Kier alpha value is -6.38.